The van der Waals surface area contributed by atoms with Crippen LogP contribution in [-0.4, -0.2) is 51.2 Å². The van der Waals surface area contributed by atoms with Crippen molar-refractivity contribution < 1.29 is 13.2 Å². The molecule has 1 unspecified atom stereocenters. The molecule has 3 rings (SSSR count). The molecule has 1 saturated carbocycles. The summed E-state index contributed by atoms with van der Waals surface area (Å²) in [5.41, 5.74) is 6.21. The van der Waals surface area contributed by atoms with Gasteiger partial charge in [0.15, 0.2) is 5.84 Å². The number of rotatable bonds is 5. The van der Waals surface area contributed by atoms with Crippen LogP contribution in [0.15, 0.2) is 33.6 Å². The fourth-order valence-corrected chi connectivity index (χ4v) is 4.03. The molecular weight excluding hydrogens is 352 g/mol. The molecular formula is C15H21ClN4O3S. The van der Waals surface area contributed by atoms with Crippen molar-refractivity contribution in [3.8, 4) is 0 Å². The summed E-state index contributed by atoms with van der Waals surface area (Å²) >= 11 is 0. The number of halogens is 1. The molecule has 1 amide bonds. The summed E-state index contributed by atoms with van der Waals surface area (Å²) in [6.07, 6.45) is 2.19. The van der Waals surface area contributed by atoms with Crippen LogP contribution in [0.25, 0.3) is 0 Å². The number of nitrogens with two attached hydrogens (primary N) is 1. The van der Waals surface area contributed by atoms with Crippen LogP contribution < -0.4 is 11.1 Å². The van der Waals surface area contributed by atoms with E-state index in [4.69, 9.17) is 5.73 Å². The maximum Gasteiger partial charge on any atom is 0.285 e. The van der Waals surface area contributed by atoms with Gasteiger partial charge in [-0.3, -0.25) is 4.79 Å². The molecule has 1 fully saturated rings. The van der Waals surface area contributed by atoms with Crippen LogP contribution in [0.3, 0.4) is 0 Å². The van der Waals surface area contributed by atoms with E-state index >= 15 is 0 Å². The topological polar surface area (TPSA) is 105 Å². The number of amides is 1. The molecule has 1 atom stereocenters. The molecule has 1 aliphatic heterocycles. The number of amidine groups is 1. The molecule has 3 N–H and O–H groups in total. The molecule has 0 bridgehead atoms. The van der Waals surface area contributed by atoms with Gasteiger partial charge in [-0.25, -0.2) is 0 Å². The number of nitrogens with one attached hydrogen (secondary N) is 1. The highest BCUT2D eigenvalue weighted by atomic mass is 35.5. The minimum Gasteiger partial charge on any atom is -0.350 e. The summed E-state index contributed by atoms with van der Waals surface area (Å²) in [5.74, 6) is 0.588. The van der Waals surface area contributed by atoms with Crippen LogP contribution in [0, 0.1) is 5.92 Å². The first-order valence-corrected chi connectivity index (χ1v) is 9.01. The summed E-state index contributed by atoms with van der Waals surface area (Å²) in [7, 11) is -2.01. The van der Waals surface area contributed by atoms with Crippen LogP contribution in [0.1, 0.15) is 18.4 Å². The Kier molecular flexibility index (Phi) is 5.52. The summed E-state index contributed by atoms with van der Waals surface area (Å²) in [6.45, 7) is 0.449. The fourth-order valence-electron chi connectivity index (χ4n) is 2.77. The first-order chi connectivity index (χ1) is 10.9. The van der Waals surface area contributed by atoms with E-state index in [2.05, 4.69) is 9.71 Å². The predicted octanol–water partition coefficient (Wildman–Crippen LogP) is 0.343. The van der Waals surface area contributed by atoms with E-state index in [1.165, 1.54) is 6.07 Å². The molecule has 9 heteroatoms. The van der Waals surface area contributed by atoms with E-state index in [1.807, 2.05) is 0 Å². The van der Waals surface area contributed by atoms with Crippen molar-refractivity contribution in [3.63, 3.8) is 0 Å². The lowest BCUT2D eigenvalue weighted by Gasteiger charge is -2.21. The lowest BCUT2D eigenvalue weighted by atomic mass is 10.2. The van der Waals surface area contributed by atoms with Crippen LogP contribution in [0.5, 0.6) is 0 Å². The number of hydrogen-bond acceptors (Lipinski definition) is 5. The zero-order chi connectivity index (χ0) is 16.6. The number of hydrogen-bond donors (Lipinski definition) is 2. The quantitative estimate of drug-likeness (QED) is 0.775. The van der Waals surface area contributed by atoms with Gasteiger partial charge >= 0.3 is 0 Å². The first-order valence-electron chi connectivity index (χ1n) is 7.57. The van der Waals surface area contributed by atoms with Gasteiger partial charge in [-0.15, -0.1) is 16.8 Å². The van der Waals surface area contributed by atoms with Gasteiger partial charge < -0.3 is 16.0 Å². The van der Waals surface area contributed by atoms with Crippen molar-refractivity contribution in [1.29, 1.82) is 0 Å². The Hall–Kier alpha value is -1.64. The van der Waals surface area contributed by atoms with Gasteiger partial charge in [-0.05, 0) is 30.9 Å². The van der Waals surface area contributed by atoms with Crippen LogP contribution in [0.2, 0.25) is 0 Å². The van der Waals surface area contributed by atoms with Gasteiger partial charge in [0.1, 0.15) is 4.90 Å². The summed E-state index contributed by atoms with van der Waals surface area (Å²) in [4.78, 5) is 13.9. The predicted molar refractivity (Wildman–Crippen MR) is 93.8 cm³/mol. The molecule has 2 aliphatic rings. The third-order valence-electron chi connectivity index (χ3n) is 4.15. The number of carbonyl (C=O) groups excluding carboxylic acids is 1. The van der Waals surface area contributed by atoms with Crippen LogP contribution in [-0.2, 0) is 14.8 Å². The van der Waals surface area contributed by atoms with Gasteiger partial charge in [0, 0.05) is 25.2 Å². The highest BCUT2D eigenvalue weighted by Gasteiger charge is 2.33. The maximum absolute atomic E-state index is 12.2. The normalized spacial score (nSPS) is 18.8. The molecule has 1 aliphatic carbocycles. The molecule has 132 valence electrons. The lowest BCUT2D eigenvalue weighted by Crippen LogP contribution is -2.46. The van der Waals surface area contributed by atoms with E-state index in [9.17, 15) is 13.2 Å². The number of sulfonamides is 1. The van der Waals surface area contributed by atoms with Gasteiger partial charge in [0.05, 0.1) is 6.54 Å². The molecule has 0 radical (unpaired) electrons. The summed E-state index contributed by atoms with van der Waals surface area (Å²) in [5, 5.41) is 2.92. The average molecular weight is 373 g/mol. The monoisotopic (exact) mass is 372 g/mol. The first kappa shape index (κ1) is 18.7. The molecule has 0 spiro atoms. The fraction of sp³-hybridized carbons (Fsp3) is 0.467. The zero-order valence-corrected chi connectivity index (χ0v) is 14.9. The average Bonchev–Trinajstić information content (AvgIpc) is 3.31. The Morgan fingerprint density at radius 2 is 2.08 bits per heavy atom. The third-order valence-corrected chi connectivity index (χ3v) is 5.47. The lowest BCUT2D eigenvalue weighted by molar-refractivity contribution is -0.122. The van der Waals surface area contributed by atoms with Crippen molar-refractivity contribution in [2.24, 2.45) is 16.0 Å². The molecule has 24 heavy (non-hydrogen) atoms. The Balaban J connectivity index is 0.00000208. The van der Waals surface area contributed by atoms with E-state index in [0.717, 1.165) is 12.8 Å². The summed E-state index contributed by atoms with van der Waals surface area (Å²) in [6, 6.07) is 6.62. The van der Waals surface area contributed by atoms with Gasteiger partial charge in [-0.2, -0.15) is 8.42 Å². The highest BCUT2D eigenvalue weighted by molar-refractivity contribution is 7.90. The third kappa shape index (κ3) is 3.71. The number of fused-ring (bicyclic) bond motifs is 1. The number of likely N-dealkylation sites (N-methyl/N-ethyl adjacent to an activating group) is 1. The maximum atomic E-state index is 12.2. The standard InChI is InChI=1S/C15H20N4O3S.ClH/c1-19(9-14(20)17-12(8-16)10-6-7-10)15-11-4-2-3-5-13(11)23(21,22)18-15;/h2-5,10,12H,6-9,16H2,1H3,(H,17,20);1H. The second kappa shape index (κ2) is 7.08. The van der Waals surface area contributed by atoms with E-state index < -0.39 is 10.0 Å². The van der Waals surface area contributed by atoms with Crippen molar-refractivity contribution in [3.05, 3.63) is 29.8 Å². The molecule has 7 nitrogen and oxygen atoms in total. The summed E-state index contributed by atoms with van der Waals surface area (Å²) < 4.78 is 27.9. The van der Waals surface area contributed by atoms with Crippen molar-refractivity contribution in [1.82, 2.24) is 10.2 Å². The number of benzene rings is 1. The SMILES string of the molecule is CN(CC(=O)NC(CN)C1CC1)C1=NS(=O)(=O)c2ccccc21.Cl. The Labute approximate surface area is 147 Å². The Bertz CT molecular complexity index is 762. The van der Waals surface area contributed by atoms with Crippen molar-refractivity contribution in [2.75, 3.05) is 20.1 Å². The molecule has 0 aromatic heterocycles. The molecule has 1 aromatic carbocycles. The van der Waals surface area contributed by atoms with Crippen molar-refractivity contribution in [2.45, 2.75) is 23.8 Å². The Morgan fingerprint density at radius 1 is 1.42 bits per heavy atom. The Morgan fingerprint density at radius 3 is 2.71 bits per heavy atom. The van der Waals surface area contributed by atoms with Crippen molar-refractivity contribution >= 4 is 34.2 Å². The highest BCUT2D eigenvalue weighted by Crippen LogP contribution is 2.32. The van der Waals surface area contributed by atoms with E-state index in [-0.39, 0.29) is 35.8 Å². The van der Waals surface area contributed by atoms with Crippen LogP contribution >= 0.6 is 12.4 Å². The number of carbonyl (C=O) groups is 1. The second-order valence-electron chi connectivity index (χ2n) is 5.99. The molecule has 1 aromatic rings. The smallest absolute Gasteiger partial charge is 0.285 e. The van der Waals surface area contributed by atoms with Crippen LogP contribution in [0.4, 0.5) is 0 Å². The second-order valence-corrected chi connectivity index (χ2v) is 7.56. The van der Waals surface area contributed by atoms with E-state index in [0.29, 0.717) is 23.9 Å². The van der Waals surface area contributed by atoms with Gasteiger partial charge in [-0.1, -0.05) is 12.1 Å². The minimum atomic E-state index is -3.67. The van der Waals surface area contributed by atoms with Gasteiger partial charge in [0.25, 0.3) is 10.0 Å². The zero-order valence-electron chi connectivity index (χ0n) is 13.3. The van der Waals surface area contributed by atoms with Gasteiger partial charge in [0.2, 0.25) is 5.91 Å². The molecule has 1 heterocycles. The molecule has 0 saturated heterocycles. The number of nitrogens with zero attached hydrogens (tertiary/aromatic N) is 2. The minimum absolute atomic E-state index is 0. The largest absolute Gasteiger partial charge is 0.350 e. The van der Waals surface area contributed by atoms with E-state index in [1.54, 1.807) is 30.1 Å².